The largest absolute Gasteiger partial charge is 0.366 e. The van der Waals surface area contributed by atoms with Crippen molar-refractivity contribution in [3.05, 3.63) is 41.5 Å². The molecular weight excluding hydrogens is 264 g/mol. The first-order chi connectivity index (χ1) is 10.2. The molecule has 3 aromatic heterocycles. The molecule has 0 aliphatic heterocycles. The van der Waals surface area contributed by atoms with Gasteiger partial charge in [0.05, 0.1) is 11.9 Å². The van der Waals surface area contributed by atoms with Gasteiger partial charge in [-0.3, -0.25) is 4.68 Å². The fourth-order valence-electron chi connectivity index (χ4n) is 2.38. The van der Waals surface area contributed by atoms with E-state index in [1.165, 1.54) is 0 Å². The smallest absolute Gasteiger partial charge is 0.157 e. The highest BCUT2D eigenvalue weighted by Gasteiger charge is 2.06. The first-order valence-electron chi connectivity index (χ1n) is 7.25. The van der Waals surface area contributed by atoms with Crippen LogP contribution >= 0.6 is 0 Å². The van der Waals surface area contributed by atoms with E-state index in [1.807, 2.05) is 41.4 Å². The lowest BCUT2D eigenvalue weighted by Gasteiger charge is -2.08. The van der Waals surface area contributed by atoms with Crippen molar-refractivity contribution in [3.63, 3.8) is 0 Å². The van der Waals surface area contributed by atoms with Crippen molar-refractivity contribution in [3.8, 4) is 0 Å². The van der Waals surface area contributed by atoms with Crippen LogP contribution in [-0.4, -0.2) is 24.4 Å². The number of anilines is 1. The van der Waals surface area contributed by atoms with Crippen LogP contribution in [0, 0.1) is 13.8 Å². The second kappa shape index (κ2) is 5.55. The van der Waals surface area contributed by atoms with E-state index in [-0.39, 0.29) is 0 Å². The highest BCUT2D eigenvalue weighted by Crippen LogP contribution is 2.14. The Balaban J connectivity index is 1.80. The molecule has 6 heteroatoms. The summed E-state index contributed by atoms with van der Waals surface area (Å²) in [7, 11) is 0. The molecule has 3 rings (SSSR count). The van der Waals surface area contributed by atoms with Crippen molar-refractivity contribution < 1.29 is 0 Å². The SMILES string of the molecule is CCCn1cc(CNc2cc(C)nc3cc(C)nn23)cn1. The summed E-state index contributed by atoms with van der Waals surface area (Å²) < 4.78 is 3.82. The van der Waals surface area contributed by atoms with E-state index in [0.29, 0.717) is 0 Å². The number of hydrogen-bond acceptors (Lipinski definition) is 4. The minimum Gasteiger partial charge on any atom is -0.366 e. The van der Waals surface area contributed by atoms with Gasteiger partial charge in [0.15, 0.2) is 5.65 Å². The van der Waals surface area contributed by atoms with Crippen molar-refractivity contribution in [1.29, 1.82) is 0 Å². The molecule has 0 unspecified atom stereocenters. The van der Waals surface area contributed by atoms with E-state index >= 15 is 0 Å². The molecule has 0 saturated heterocycles. The van der Waals surface area contributed by atoms with Gasteiger partial charge in [0, 0.05) is 42.7 Å². The number of aryl methyl sites for hydroxylation is 3. The molecule has 0 aromatic carbocycles. The van der Waals surface area contributed by atoms with E-state index < -0.39 is 0 Å². The molecule has 0 aliphatic carbocycles. The molecule has 0 spiro atoms. The van der Waals surface area contributed by atoms with Crippen LogP contribution in [0.15, 0.2) is 24.5 Å². The van der Waals surface area contributed by atoms with Crippen LogP contribution < -0.4 is 5.32 Å². The van der Waals surface area contributed by atoms with Crippen LogP contribution in [0.1, 0.15) is 30.3 Å². The highest BCUT2D eigenvalue weighted by molar-refractivity contribution is 5.50. The summed E-state index contributed by atoms with van der Waals surface area (Å²) in [5.74, 6) is 0.953. The van der Waals surface area contributed by atoms with Gasteiger partial charge in [0.2, 0.25) is 0 Å². The van der Waals surface area contributed by atoms with Crippen molar-refractivity contribution in [2.45, 2.75) is 40.3 Å². The van der Waals surface area contributed by atoms with Crippen LogP contribution in [0.4, 0.5) is 5.82 Å². The monoisotopic (exact) mass is 284 g/mol. The van der Waals surface area contributed by atoms with E-state index in [2.05, 4.69) is 33.6 Å². The Morgan fingerprint density at radius 1 is 1.19 bits per heavy atom. The number of rotatable bonds is 5. The molecule has 3 heterocycles. The van der Waals surface area contributed by atoms with Crippen LogP contribution in [0.2, 0.25) is 0 Å². The summed E-state index contributed by atoms with van der Waals surface area (Å²) in [6, 6.07) is 3.99. The van der Waals surface area contributed by atoms with Crippen molar-refractivity contribution in [2.24, 2.45) is 0 Å². The Morgan fingerprint density at radius 3 is 2.86 bits per heavy atom. The maximum atomic E-state index is 4.48. The maximum absolute atomic E-state index is 4.48. The van der Waals surface area contributed by atoms with Crippen molar-refractivity contribution >= 4 is 11.5 Å². The lowest BCUT2D eigenvalue weighted by molar-refractivity contribution is 0.602. The zero-order chi connectivity index (χ0) is 14.8. The predicted molar refractivity (Wildman–Crippen MR) is 82.3 cm³/mol. The van der Waals surface area contributed by atoms with Crippen molar-refractivity contribution in [1.82, 2.24) is 24.4 Å². The molecule has 0 aliphatic rings. The molecule has 21 heavy (non-hydrogen) atoms. The van der Waals surface area contributed by atoms with Gasteiger partial charge >= 0.3 is 0 Å². The third-order valence-corrected chi connectivity index (χ3v) is 3.29. The molecule has 0 radical (unpaired) electrons. The van der Waals surface area contributed by atoms with Crippen LogP contribution in [0.5, 0.6) is 0 Å². The molecule has 1 N–H and O–H groups in total. The molecular formula is C15H20N6. The Labute approximate surface area is 123 Å². The second-order valence-electron chi connectivity index (χ2n) is 5.30. The first-order valence-corrected chi connectivity index (χ1v) is 7.25. The van der Waals surface area contributed by atoms with Gasteiger partial charge in [-0.05, 0) is 20.3 Å². The fourth-order valence-corrected chi connectivity index (χ4v) is 2.38. The summed E-state index contributed by atoms with van der Waals surface area (Å²) in [5, 5.41) is 12.2. The predicted octanol–water partition coefficient (Wildman–Crippen LogP) is 2.56. The van der Waals surface area contributed by atoms with Gasteiger partial charge in [0.1, 0.15) is 5.82 Å². The van der Waals surface area contributed by atoms with Gasteiger partial charge in [-0.2, -0.15) is 14.7 Å². The summed E-state index contributed by atoms with van der Waals surface area (Å²) >= 11 is 0. The average Bonchev–Trinajstić information content (AvgIpc) is 3.02. The normalized spacial score (nSPS) is 11.2. The number of nitrogens with one attached hydrogen (secondary N) is 1. The van der Waals surface area contributed by atoms with Crippen LogP contribution in [0.25, 0.3) is 5.65 Å². The Hall–Kier alpha value is -2.37. The summed E-state index contributed by atoms with van der Waals surface area (Å²) in [6.07, 6.45) is 5.07. The molecule has 0 atom stereocenters. The quantitative estimate of drug-likeness (QED) is 0.782. The van der Waals surface area contributed by atoms with Gasteiger partial charge < -0.3 is 5.32 Å². The fraction of sp³-hybridized carbons (Fsp3) is 0.400. The van der Waals surface area contributed by atoms with E-state index in [9.17, 15) is 0 Å². The van der Waals surface area contributed by atoms with Crippen LogP contribution in [-0.2, 0) is 13.1 Å². The number of fused-ring (bicyclic) bond motifs is 1. The number of aromatic nitrogens is 5. The molecule has 0 amide bonds. The van der Waals surface area contributed by atoms with Gasteiger partial charge in [-0.15, -0.1) is 0 Å². The minimum atomic E-state index is 0.723. The van der Waals surface area contributed by atoms with Gasteiger partial charge in [-0.25, -0.2) is 4.98 Å². The molecule has 0 bridgehead atoms. The molecule has 0 saturated carbocycles. The van der Waals surface area contributed by atoms with Crippen LogP contribution in [0.3, 0.4) is 0 Å². The van der Waals surface area contributed by atoms with Gasteiger partial charge in [-0.1, -0.05) is 6.92 Å². The maximum Gasteiger partial charge on any atom is 0.157 e. The number of hydrogen-bond donors (Lipinski definition) is 1. The zero-order valence-corrected chi connectivity index (χ0v) is 12.7. The molecule has 110 valence electrons. The zero-order valence-electron chi connectivity index (χ0n) is 12.7. The first kappa shape index (κ1) is 13.6. The highest BCUT2D eigenvalue weighted by atomic mass is 15.3. The lowest BCUT2D eigenvalue weighted by Crippen LogP contribution is -2.06. The molecule has 0 fully saturated rings. The third kappa shape index (κ3) is 2.89. The molecule has 3 aromatic rings. The van der Waals surface area contributed by atoms with Gasteiger partial charge in [0.25, 0.3) is 0 Å². The Kier molecular flexibility index (Phi) is 3.60. The Bertz CT molecular complexity index is 755. The number of nitrogens with zero attached hydrogens (tertiary/aromatic N) is 5. The van der Waals surface area contributed by atoms with E-state index in [4.69, 9.17) is 0 Å². The molecule has 6 nitrogen and oxygen atoms in total. The second-order valence-corrected chi connectivity index (χ2v) is 5.30. The minimum absolute atomic E-state index is 0.723. The topological polar surface area (TPSA) is 60.0 Å². The standard InChI is InChI=1S/C15H20N6/c1-4-5-20-10-13(9-17-20)8-16-14-6-11(2)18-15-7-12(3)19-21(14)15/h6-7,9-10,16H,4-5,8H2,1-3H3. The van der Waals surface area contributed by atoms with E-state index in [0.717, 1.165) is 47.9 Å². The van der Waals surface area contributed by atoms with Crippen molar-refractivity contribution in [2.75, 3.05) is 5.32 Å². The summed E-state index contributed by atoms with van der Waals surface area (Å²) in [6.45, 7) is 7.80. The summed E-state index contributed by atoms with van der Waals surface area (Å²) in [5.41, 5.74) is 3.98. The Morgan fingerprint density at radius 2 is 2.05 bits per heavy atom. The van der Waals surface area contributed by atoms with E-state index in [1.54, 1.807) is 0 Å². The average molecular weight is 284 g/mol. The summed E-state index contributed by atoms with van der Waals surface area (Å²) in [4.78, 5) is 4.48. The lowest BCUT2D eigenvalue weighted by atomic mass is 10.3. The third-order valence-electron chi connectivity index (χ3n) is 3.29.